The zero-order chi connectivity index (χ0) is 18.1. The third kappa shape index (κ3) is 3.45. The van der Waals surface area contributed by atoms with Gasteiger partial charge in [0.1, 0.15) is 10.1 Å². The zero-order valence-electron chi connectivity index (χ0n) is 14.1. The second-order valence-electron chi connectivity index (χ2n) is 6.11. The standard InChI is InChI=1S/C19H17N3O2S2/c1-22(10-12-5-3-2-4-6-12)13-7-8-14-16(9-13)26-18(20-14)17-21-15(11-25-17)19(23)24/h2-9,15H,10-11H2,1H3,(H,23,24). The normalized spacial score (nSPS) is 16.7. The van der Waals surface area contributed by atoms with E-state index in [2.05, 4.69) is 46.2 Å². The van der Waals surface area contributed by atoms with Crippen LogP contribution in [0.1, 0.15) is 10.6 Å². The molecule has 1 aliphatic heterocycles. The Hall–Kier alpha value is -2.38. The average molecular weight is 383 g/mol. The van der Waals surface area contributed by atoms with Crippen molar-refractivity contribution in [3.63, 3.8) is 0 Å². The first-order chi connectivity index (χ1) is 12.6. The summed E-state index contributed by atoms with van der Waals surface area (Å²) >= 11 is 3.03. The Bertz CT molecular complexity index is 985. The zero-order valence-corrected chi connectivity index (χ0v) is 15.8. The number of carboxylic acids is 1. The van der Waals surface area contributed by atoms with Crippen LogP contribution in [-0.2, 0) is 11.3 Å². The summed E-state index contributed by atoms with van der Waals surface area (Å²) in [5.41, 5.74) is 3.31. The van der Waals surface area contributed by atoms with Crippen LogP contribution in [0.2, 0.25) is 0 Å². The van der Waals surface area contributed by atoms with Gasteiger partial charge in [-0.1, -0.05) is 30.3 Å². The molecule has 0 fully saturated rings. The van der Waals surface area contributed by atoms with E-state index in [9.17, 15) is 4.79 Å². The summed E-state index contributed by atoms with van der Waals surface area (Å²) in [5, 5.41) is 10.6. The highest BCUT2D eigenvalue weighted by Crippen LogP contribution is 2.32. The van der Waals surface area contributed by atoms with Gasteiger partial charge < -0.3 is 10.0 Å². The maximum Gasteiger partial charge on any atom is 0.329 e. The highest BCUT2D eigenvalue weighted by molar-refractivity contribution is 8.15. The predicted octanol–water partition coefficient (Wildman–Crippen LogP) is 3.88. The molecule has 0 amide bonds. The van der Waals surface area contributed by atoms with E-state index in [1.807, 2.05) is 24.3 Å². The van der Waals surface area contributed by atoms with Gasteiger partial charge in [-0.15, -0.1) is 23.1 Å². The van der Waals surface area contributed by atoms with Crippen LogP contribution < -0.4 is 4.90 Å². The molecule has 3 aromatic rings. The van der Waals surface area contributed by atoms with Crippen molar-refractivity contribution in [3.05, 3.63) is 59.1 Å². The number of thioether (sulfide) groups is 1. The first kappa shape index (κ1) is 17.1. The number of hydrogen-bond acceptors (Lipinski definition) is 6. The summed E-state index contributed by atoms with van der Waals surface area (Å²) < 4.78 is 1.08. The average Bonchev–Trinajstić information content (AvgIpc) is 3.28. The Morgan fingerprint density at radius 3 is 2.81 bits per heavy atom. The molecule has 1 unspecified atom stereocenters. The largest absolute Gasteiger partial charge is 0.480 e. The smallest absolute Gasteiger partial charge is 0.329 e. The van der Waals surface area contributed by atoms with Crippen molar-refractivity contribution >= 4 is 50.0 Å². The molecule has 26 heavy (non-hydrogen) atoms. The number of aromatic nitrogens is 1. The van der Waals surface area contributed by atoms with Crippen LogP contribution in [0.25, 0.3) is 10.2 Å². The summed E-state index contributed by atoms with van der Waals surface area (Å²) in [5.74, 6) is -0.399. The van der Waals surface area contributed by atoms with Crippen LogP contribution in [0.15, 0.2) is 53.5 Å². The van der Waals surface area contributed by atoms with E-state index in [-0.39, 0.29) is 0 Å². The third-order valence-corrected chi connectivity index (χ3v) is 6.40. The van der Waals surface area contributed by atoms with Crippen LogP contribution in [-0.4, -0.2) is 39.9 Å². The number of hydrogen-bond donors (Lipinski definition) is 1. The molecular weight excluding hydrogens is 366 g/mol. The number of rotatable bonds is 5. The van der Waals surface area contributed by atoms with E-state index in [1.54, 1.807) is 11.3 Å². The number of thiazole rings is 1. The Balaban J connectivity index is 1.58. The summed E-state index contributed by atoms with van der Waals surface area (Å²) in [7, 11) is 2.07. The molecule has 4 rings (SSSR count). The lowest BCUT2D eigenvalue weighted by Gasteiger charge is -2.19. The number of aliphatic imine (C=N–C) groups is 1. The maximum absolute atomic E-state index is 11.1. The molecule has 2 aromatic carbocycles. The fourth-order valence-electron chi connectivity index (χ4n) is 2.81. The Kier molecular flexibility index (Phi) is 4.65. The topological polar surface area (TPSA) is 65.8 Å². The van der Waals surface area contributed by atoms with Gasteiger partial charge in [-0.25, -0.2) is 9.78 Å². The second kappa shape index (κ2) is 7.09. The molecule has 132 valence electrons. The lowest BCUT2D eigenvalue weighted by atomic mass is 10.2. The fraction of sp³-hybridized carbons (Fsp3) is 0.211. The molecule has 1 aliphatic rings. The Labute approximate surface area is 159 Å². The number of anilines is 1. The minimum Gasteiger partial charge on any atom is -0.480 e. The van der Waals surface area contributed by atoms with Crippen LogP contribution in [0, 0.1) is 0 Å². The molecule has 2 heterocycles. The SMILES string of the molecule is CN(Cc1ccccc1)c1ccc2nc(C3=NC(C(=O)O)CS3)sc2c1. The monoisotopic (exact) mass is 383 g/mol. The van der Waals surface area contributed by atoms with Crippen molar-refractivity contribution in [3.8, 4) is 0 Å². The third-order valence-electron chi connectivity index (χ3n) is 4.19. The van der Waals surface area contributed by atoms with Crippen molar-refractivity contribution in [2.45, 2.75) is 12.6 Å². The molecule has 1 aromatic heterocycles. The van der Waals surface area contributed by atoms with Crippen LogP contribution in [0.3, 0.4) is 0 Å². The predicted molar refractivity (Wildman–Crippen MR) is 109 cm³/mol. The van der Waals surface area contributed by atoms with Crippen LogP contribution >= 0.6 is 23.1 Å². The van der Waals surface area contributed by atoms with Gasteiger partial charge in [-0.3, -0.25) is 4.99 Å². The van der Waals surface area contributed by atoms with E-state index >= 15 is 0 Å². The van der Waals surface area contributed by atoms with Crippen LogP contribution in [0.5, 0.6) is 0 Å². The van der Waals surface area contributed by atoms with Gasteiger partial charge in [0, 0.05) is 25.0 Å². The van der Waals surface area contributed by atoms with Crippen molar-refractivity contribution < 1.29 is 9.90 Å². The van der Waals surface area contributed by atoms with E-state index in [0.717, 1.165) is 32.5 Å². The second-order valence-corrected chi connectivity index (χ2v) is 8.15. The summed E-state index contributed by atoms with van der Waals surface area (Å²) in [6.45, 7) is 0.834. The quantitative estimate of drug-likeness (QED) is 0.724. The minimum absolute atomic E-state index is 0.478. The van der Waals surface area contributed by atoms with Gasteiger partial charge in [0.25, 0.3) is 0 Å². The van der Waals surface area contributed by atoms with Gasteiger partial charge in [0.05, 0.1) is 10.2 Å². The first-order valence-corrected chi connectivity index (χ1v) is 10.00. The lowest BCUT2D eigenvalue weighted by Crippen LogP contribution is -2.17. The number of aliphatic carboxylic acids is 1. The minimum atomic E-state index is -0.876. The summed E-state index contributed by atoms with van der Waals surface area (Å²) in [4.78, 5) is 22.2. The van der Waals surface area contributed by atoms with Crippen molar-refractivity contribution in [1.82, 2.24) is 4.98 Å². The number of nitrogens with zero attached hydrogens (tertiary/aromatic N) is 3. The molecule has 1 N–H and O–H groups in total. The summed E-state index contributed by atoms with van der Waals surface area (Å²) in [6, 6.07) is 15.9. The number of fused-ring (bicyclic) bond motifs is 1. The molecule has 7 heteroatoms. The van der Waals surface area contributed by atoms with Crippen molar-refractivity contribution in [2.75, 3.05) is 17.7 Å². The van der Waals surface area contributed by atoms with E-state index in [4.69, 9.17) is 5.11 Å². The molecule has 5 nitrogen and oxygen atoms in total. The molecule has 0 radical (unpaired) electrons. The Morgan fingerprint density at radius 1 is 1.27 bits per heavy atom. The lowest BCUT2D eigenvalue weighted by molar-refractivity contribution is -0.137. The molecular formula is C19H17N3O2S2. The van der Waals surface area contributed by atoms with Gasteiger partial charge >= 0.3 is 5.97 Å². The molecule has 1 atom stereocenters. The highest BCUT2D eigenvalue weighted by Gasteiger charge is 2.26. The van der Waals surface area contributed by atoms with E-state index in [0.29, 0.717) is 5.75 Å². The fourth-order valence-corrected chi connectivity index (χ4v) is 4.90. The van der Waals surface area contributed by atoms with Gasteiger partial charge in [-0.05, 0) is 23.8 Å². The first-order valence-electron chi connectivity index (χ1n) is 8.19. The van der Waals surface area contributed by atoms with Gasteiger partial charge in [0.2, 0.25) is 0 Å². The number of benzene rings is 2. The highest BCUT2D eigenvalue weighted by atomic mass is 32.2. The molecule has 0 spiro atoms. The molecule has 0 aliphatic carbocycles. The van der Waals surface area contributed by atoms with Gasteiger partial charge in [-0.2, -0.15) is 0 Å². The maximum atomic E-state index is 11.1. The van der Waals surface area contributed by atoms with Crippen molar-refractivity contribution in [2.24, 2.45) is 4.99 Å². The van der Waals surface area contributed by atoms with Gasteiger partial charge in [0.15, 0.2) is 6.04 Å². The molecule has 0 saturated carbocycles. The Morgan fingerprint density at radius 2 is 2.08 bits per heavy atom. The number of carbonyl (C=O) groups is 1. The molecule has 0 saturated heterocycles. The molecule has 0 bridgehead atoms. The van der Waals surface area contributed by atoms with Crippen LogP contribution in [0.4, 0.5) is 5.69 Å². The van der Waals surface area contributed by atoms with E-state index in [1.165, 1.54) is 17.3 Å². The van der Waals surface area contributed by atoms with Crippen molar-refractivity contribution in [1.29, 1.82) is 0 Å². The van der Waals surface area contributed by atoms with E-state index < -0.39 is 12.0 Å². The summed E-state index contributed by atoms with van der Waals surface area (Å²) in [6.07, 6.45) is 0. The number of carboxylic acid groups (broad SMARTS) is 1.